The molecule has 1 amide bonds. The second-order valence-electron chi connectivity index (χ2n) is 6.38. The normalized spacial score (nSPS) is 11.6. The topological polar surface area (TPSA) is 66.5 Å². The molecule has 0 fully saturated rings. The van der Waals surface area contributed by atoms with Crippen LogP contribution in [0, 0.1) is 6.92 Å². The summed E-state index contributed by atoms with van der Waals surface area (Å²) in [5.41, 5.74) is 1.39. The van der Waals surface area contributed by atoms with Crippen LogP contribution in [-0.4, -0.2) is 37.5 Å². The Balaban J connectivity index is 1.96. The highest BCUT2D eigenvalue weighted by Crippen LogP contribution is 2.24. The lowest BCUT2D eigenvalue weighted by atomic mass is 10.2. The van der Waals surface area contributed by atoms with Crippen molar-refractivity contribution in [2.75, 3.05) is 24.2 Å². The molecular formula is C21H28N2O3S2. The monoisotopic (exact) mass is 420 g/mol. The quantitative estimate of drug-likeness (QED) is 0.453. The molecule has 5 nitrogen and oxygen atoms in total. The minimum absolute atomic E-state index is 0.103. The van der Waals surface area contributed by atoms with Crippen LogP contribution in [0.1, 0.15) is 32.3 Å². The predicted octanol–water partition coefficient (Wildman–Crippen LogP) is 4.54. The van der Waals surface area contributed by atoms with Crippen LogP contribution in [0.2, 0.25) is 0 Å². The molecule has 0 radical (unpaired) electrons. The van der Waals surface area contributed by atoms with Crippen molar-refractivity contribution in [3.8, 4) is 0 Å². The molecule has 0 aliphatic rings. The van der Waals surface area contributed by atoms with Gasteiger partial charge in [0.2, 0.25) is 15.9 Å². The van der Waals surface area contributed by atoms with Gasteiger partial charge in [0, 0.05) is 30.1 Å². The van der Waals surface area contributed by atoms with E-state index >= 15 is 0 Å². The van der Waals surface area contributed by atoms with E-state index in [9.17, 15) is 13.2 Å². The fourth-order valence-electron chi connectivity index (χ4n) is 2.76. The van der Waals surface area contributed by atoms with Crippen molar-refractivity contribution in [3.63, 3.8) is 0 Å². The Morgan fingerprint density at radius 3 is 2.39 bits per heavy atom. The van der Waals surface area contributed by atoms with E-state index in [0.717, 1.165) is 17.7 Å². The Bertz CT molecular complexity index is 880. The van der Waals surface area contributed by atoms with Crippen LogP contribution in [0.4, 0.5) is 5.69 Å². The molecule has 0 aromatic heterocycles. The molecular weight excluding hydrogens is 392 g/mol. The number of carbonyl (C=O) groups is 1. The standard InChI is InChI=1S/C21H28N2O3S2/c1-4-23(5-2)28(25,26)19-14-13-17(3)20(16-19)22-21(24)12-9-15-27-18-10-7-6-8-11-18/h6-8,10-11,13-14,16H,4-5,9,12,15H2,1-3H3,(H,22,24). The maximum absolute atomic E-state index is 12.7. The molecule has 0 spiro atoms. The lowest BCUT2D eigenvalue weighted by molar-refractivity contribution is -0.116. The minimum atomic E-state index is -3.55. The first-order chi connectivity index (χ1) is 13.4. The fraction of sp³-hybridized carbons (Fsp3) is 0.381. The van der Waals surface area contributed by atoms with Crippen LogP contribution in [0.3, 0.4) is 0 Å². The van der Waals surface area contributed by atoms with Gasteiger partial charge in [-0.2, -0.15) is 4.31 Å². The average molecular weight is 421 g/mol. The molecule has 0 saturated heterocycles. The Labute approximate surface area is 172 Å². The Hall–Kier alpha value is -1.83. The molecule has 1 N–H and O–H groups in total. The molecule has 2 rings (SSSR count). The molecule has 28 heavy (non-hydrogen) atoms. The SMILES string of the molecule is CCN(CC)S(=O)(=O)c1ccc(C)c(NC(=O)CCCSc2ccccc2)c1. The summed E-state index contributed by atoms with van der Waals surface area (Å²) in [4.78, 5) is 13.7. The van der Waals surface area contributed by atoms with Crippen LogP contribution in [0.25, 0.3) is 0 Å². The lowest BCUT2D eigenvalue weighted by Crippen LogP contribution is -2.30. The third-order valence-corrected chi connectivity index (χ3v) is 7.53. The highest BCUT2D eigenvalue weighted by atomic mass is 32.2. The third-order valence-electron chi connectivity index (χ3n) is 4.39. The van der Waals surface area contributed by atoms with Gasteiger partial charge in [-0.1, -0.05) is 38.1 Å². The van der Waals surface area contributed by atoms with Crippen LogP contribution >= 0.6 is 11.8 Å². The van der Waals surface area contributed by atoms with Crippen molar-refractivity contribution >= 4 is 33.4 Å². The lowest BCUT2D eigenvalue weighted by Gasteiger charge is -2.19. The van der Waals surface area contributed by atoms with Crippen LogP contribution < -0.4 is 5.32 Å². The summed E-state index contributed by atoms with van der Waals surface area (Å²) < 4.78 is 26.8. The number of thioether (sulfide) groups is 1. The number of nitrogens with zero attached hydrogens (tertiary/aromatic N) is 1. The number of benzene rings is 2. The number of carbonyl (C=O) groups excluding carboxylic acids is 1. The summed E-state index contributed by atoms with van der Waals surface area (Å²) in [6.07, 6.45) is 1.15. The van der Waals surface area contributed by atoms with E-state index in [1.807, 2.05) is 39.0 Å². The van der Waals surface area contributed by atoms with Crippen molar-refractivity contribution in [2.45, 2.75) is 43.4 Å². The molecule has 152 valence electrons. The van der Waals surface area contributed by atoms with Gasteiger partial charge in [-0.05, 0) is 48.9 Å². The van der Waals surface area contributed by atoms with Gasteiger partial charge < -0.3 is 5.32 Å². The zero-order valence-corrected chi connectivity index (χ0v) is 18.3. The zero-order valence-electron chi connectivity index (χ0n) is 16.6. The number of hydrogen-bond acceptors (Lipinski definition) is 4. The summed E-state index contributed by atoms with van der Waals surface area (Å²) in [5, 5.41) is 2.87. The first-order valence-corrected chi connectivity index (χ1v) is 11.9. The number of nitrogens with one attached hydrogen (secondary N) is 1. The molecule has 7 heteroatoms. The molecule has 0 saturated carbocycles. The average Bonchev–Trinajstić information content (AvgIpc) is 2.68. The summed E-state index contributed by atoms with van der Waals surface area (Å²) in [6, 6.07) is 15.0. The third kappa shape index (κ3) is 6.09. The van der Waals surface area contributed by atoms with Crippen LogP contribution in [-0.2, 0) is 14.8 Å². The van der Waals surface area contributed by atoms with E-state index in [0.29, 0.717) is 25.2 Å². The van der Waals surface area contributed by atoms with Gasteiger partial charge in [-0.15, -0.1) is 11.8 Å². The fourth-order valence-corrected chi connectivity index (χ4v) is 5.12. The van der Waals surface area contributed by atoms with E-state index in [2.05, 4.69) is 17.4 Å². The first kappa shape index (κ1) is 22.5. The van der Waals surface area contributed by atoms with Gasteiger partial charge >= 0.3 is 0 Å². The number of anilines is 1. The maximum Gasteiger partial charge on any atom is 0.243 e. The molecule has 2 aromatic carbocycles. The van der Waals surface area contributed by atoms with Gasteiger partial charge in [-0.3, -0.25) is 4.79 Å². The highest BCUT2D eigenvalue weighted by Gasteiger charge is 2.22. The number of sulfonamides is 1. The van der Waals surface area contributed by atoms with Crippen molar-refractivity contribution in [1.29, 1.82) is 0 Å². The number of amides is 1. The van der Waals surface area contributed by atoms with E-state index in [-0.39, 0.29) is 10.8 Å². The summed E-state index contributed by atoms with van der Waals surface area (Å²) in [5.74, 6) is 0.751. The predicted molar refractivity (Wildman–Crippen MR) is 116 cm³/mol. The molecule has 0 atom stereocenters. The van der Waals surface area contributed by atoms with Crippen molar-refractivity contribution in [3.05, 3.63) is 54.1 Å². The molecule has 2 aromatic rings. The Morgan fingerprint density at radius 2 is 1.75 bits per heavy atom. The van der Waals surface area contributed by atoms with Gasteiger partial charge in [0.1, 0.15) is 0 Å². The smallest absolute Gasteiger partial charge is 0.243 e. The number of aryl methyl sites for hydroxylation is 1. The largest absolute Gasteiger partial charge is 0.326 e. The Kier molecular flexibility index (Phi) is 8.54. The van der Waals surface area contributed by atoms with Gasteiger partial charge in [0.05, 0.1) is 4.90 Å². The van der Waals surface area contributed by atoms with Gasteiger partial charge in [-0.25, -0.2) is 8.42 Å². The molecule has 0 aliphatic heterocycles. The first-order valence-electron chi connectivity index (χ1n) is 9.47. The van der Waals surface area contributed by atoms with E-state index in [4.69, 9.17) is 0 Å². The van der Waals surface area contributed by atoms with Gasteiger partial charge in [0.15, 0.2) is 0 Å². The van der Waals surface area contributed by atoms with E-state index in [1.54, 1.807) is 30.0 Å². The molecule has 0 unspecified atom stereocenters. The maximum atomic E-state index is 12.7. The van der Waals surface area contributed by atoms with Crippen molar-refractivity contribution < 1.29 is 13.2 Å². The van der Waals surface area contributed by atoms with Crippen LogP contribution in [0.5, 0.6) is 0 Å². The summed E-state index contributed by atoms with van der Waals surface area (Å²) in [6.45, 7) is 6.30. The van der Waals surface area contributed by atoms with Crippen LogP contribution in [0.15, 0.2) is 58.3 Å². The minimum Gasteiger partial charge on any atom is -0.326 e. The van der Waals surface area contributed by atoms with Crippen molar-refractivity contribution in [2.24, 2.45) is 0 Å². The van der Waals surface area contributed by atoms with Gasteiger partial charge in [0.25, 0.3) is 0 Å². The molecule has 0 aliphatic carbocycles. The second kappa shape index (κ2) is 10.6. The van der Waals surface area contributed by atoms with E-state index < -0.39 is 10.0 Å². The number of hydrogen-bond donors (Lipinski definition) is 1. The zero-order chi connectivity index (χ0) is 20.6. The molecule has 0 bridgehead atoms. The second-order valence-corrected chi connectivity index (χ2v) is 9.49. The van der Waals surface area contributed by atoms with E-state index in [1.165, 1.54) is 9.20 Å². The van der Waals surface area contributed by atoms with Crippen molar-refractivity contribution in [1.82, 2.24) is 4.31 Å². The number of rotatable bonds is 10. The summed E-state index contributed by atoms with van der Waals surface area (Å²) in [7, 11) is -3.55. The summed E-state index contributed by atoms with van der Waals surface area (Å²) >= 11 is 1.72. The Morgan fingerprint density at radius 1 is 1.07 bits per heavy atom. The molecule has 0 heterocycles. The highest BCUT2D eigenvalue weighted by molar-refractivity contribution is 7.99.